The molecule has 1 spiro atoms. The Morgan fingerprint density at radius 3 is 2.48 bits per heavy atom. The van der Waals surface area contributed by atoms with E-state index in [9.17, 15) is 14.4 Å². The number of para-hydroxylation sites is 1. The van der Waals surface area contributed by atoms with E-state index in [1.165, 1.54) is 10.4 Å². The van der Waals surface area contributed by atoms with Gasteiger partial charge < -0.3 is 20.9 Å². The molecule has 0 aliphatic carbocycles. The van der Waals surface area contributed by atoms with Gasteiger partial charge in [0.2, 0.25) is 11.8 Å². The first-order valence-electron chi connectivity index (χ1n) is 8.09. The summed E-state index contributed by atoms with van der Waals surface area (Å²) in [5.74, 6) is -1.57. The van der Waals surface area contributed by atoms with Crippen molar-refractivity contribution in [3.63, 3.8) is 0 Å². The summed E-state index contributed by atoms with van der Waals surface area (Å²) < 4.78 is 0. The third-order valence-corrected chi connectivity index (χ3v) is 4.97. The van der Waals surface area contributed by atoms with Crippen molar-refractivity contribution < 1.29 is 19.6 Å². The molecule has 0 aromatic heterocycles. The Bertz CT molecular complexity index is 672. The molecule has 3 amide bonds. The number of nitrogens with one attached hydrogen (secondary N) is 2. The fourth-order valence-electron chi connectivity index (χ4n) is 3.51. The SMILES string of the molecule is NC(C(=O)NO)C(=O)N1CCC2(CC1)C(=O)NCN2c1ccccc1. The molecule has 0 bridgehead atoms. The third-order valence-electron chi connectivity index (χ3n) is 4.97. The van der Waals surface area contributed by atoms with Crippen molar-refractivity contribution in [2.45, 2.75) is 24.4 Å². The molecule has 2 fully saturated rings. The van der Waals surface area contributed by atoms with Gasteiger partial charge in [-0.15, -0.1) is 0 Å². The summed E-state index contributed by atoms with van der Waals surface area (Å²) >= 11 is 0. The molecule has 9 nitrogen and oxygen atoms in total. The second-order valence-corrected chi connectivity index (χ2v) is 6.24. The zero-order valence-corrected chi connectivity index (χ0v) is 13.6. The second-order valence-electron chi connectivity index (χ2n) is 6.24. The third kappa shape index (κ3) is 2.92. The molecule has 1 unspecified atom stereocenters. The van der Waals surface area contributed by atoms with E-state index in [1.54, 1.807) is 0 Å². The number of hydroxylamine groups is 1. The molecule has 0 saturated carbocycles. The van der Waals surface area contributed by atoms with Gasteiger partial charge in [-0.1, -0.05) is 18.2 Å². The molecule has 5 N–H and O–H groups in total. The first kappa shape index (κ1) is 17.2. The smallest absolute Gasteiger partial charge is 0.269 e. The normalized spacial score (nSPS) is 20.3. The van der Waals surface area contributed by atoms with Crippen molar-refractivity contribution in [3.05, 3.63) is 30.3 Å². The van der Waals surface area contributed by atoms with Gasteiger partial charge in [0.15, 0.2) is 6.04 Å². The van der Waals surface area contributed by atoms with Crippen LogP contribution < -0.4 is 21.4 Å². The lowest BCUT2D eigenvalue weighted by Gasteiger charge is -2.43. The molecular weight excluding hydrogens is 326 g/mol. The van der Waals surface area contributed by atoms with E-state index in [2.05, 4.69) is 5.32 Å². The average molecular weight is 347 g/mol. The molecule has 2 saturated heterocycles. The molecule has 9 heteroatoms. The summed E-state index contributed by atoms with van der Waals surface area (Å²) in [4.78, 5) is 39.6. The van der Waals surface area contributed by atoms with Crippen molar-refractivity contribution in [2.24, 2.45) is 5.73 Å². The lowest BCUT2D eigenvalue weighted by Crippen LogP contribution is -2.60. The van der Waals surface area contributed by atoms with Crippen LogP contribution in [0.2, 0.25) is 0 Å². The van der Waals surface area contributed by atoms with E-state index in [0.717, 1.165) is 5.69 Å². The number of nitrogens with two attached hydrogens (primary N) is 1. The number of hydrogen-bond acceptors (Lipinski definition) is 6. The molecule has 0 radical (unpaired) electrons. The fourth-order valence-corrected chi connectivity index (χ4v) is 3.51. The standard InChI is InChI=1S/C16H21N5O4/c17-12(13(22)19-25)14(23)20-8-6-16(7-9-20)15(24)18-10-21(16)11-4-2-1-3-5-11/h1-5,12,25H,6-10,17H2,(H,18,24)(H,19,22). The van der Waals surface area contributed by atoms with E-state index in [-0.39, 0.29) is 5.91 Å². The molecule has 25 heavy (non-hydrogen) atoms. The molecule has 3 rings (SSSR count). The van der Waals surface area contributed by atoms with Crippen molar-refractivity contribution in [2.75, 3.05) is 24.7 Å². The lowest BCUT2D eigenvalue weighted by atomic mass is 9.85. The fraction of sp³-hybridized carbons (Fsp3) is 0.438. The number of nitrogens with zero attached hydrogens (tertiary/aromatic N) is 2. The predicted molar refractivity (Wildman–Crippen MR) is 88.4 cm³/mol. The zero-order chi connectivity index (χ0) is 18.0. The van der Waals surface area contributed by atoms with Crippen LogP contribution in [0.15, 0.2) is 30.3 Å². The number of piperidine rings is 1. The van der Waals surface area contributed by atoms with Crippen molar-refractivity contribution >= 4 is 23.4 Å². The Balaban J connectivity index is 1.74. The van der Waals surface area contributed by atoms with Crippen LogP contribution in [0.1, 0.15) is 12.8 Å². The minimum absolute atomic E-state index is 0.0548. The summed E-state index contributed by atoms with van der Waals surface area (Å²) in [6.45, 7) is 1.03. The average Bonchev–Trinajstić information content (AvgIpc) is 2.97. The van der Waals surface area contributed by atoms with Gasteiger partial charge in [-0.25, -0.2) is 5.48 Å². The number of carbonyl (C=O) groups is 3. The van der Waals surface area contributed by atoms with Gasteiger partial charge in [0.1, 0.15) is 5.54 Å². The van der Waals surface area contributed by atoms with Crippen LogP contribution in [-0.4, -0.2) is 59.2 Å². The summed E-state index contributed by atoms with van der Waals surface area (Å²) in [5.41, 5.74) is 7.16. The molecule has 1 aromatic carbocycles. The Morgan fingerprint density at radius 2 is 1.88 bits per heavy atom. The minimum atomic E-state index is -1.46. The number of benzene rings is 1. The summed E-state index contributed by atoms with van der Waals surface area (Å²) in [5, 5.41) is 11.5. The van der Waals surface area contributed by atoms with Gasteiger partial charge in [0.05, 0.1) is 6.67 Å². The zero-order valence-electron chi connectivity index (χ0n) is 13.6. The highest BCUT2D eigenvalue weighted by atomic mass is 16.5. The Morgan fingerprint density at radius 1 is 1.24 bits per heavy atom. The highest BCUT2D eigenvalue weighted by Crippen LogP contribution is 2.36. The quantitative estimate of drug-likeness (QED) is 0.308. The number of rotatable bonds is 3. The van der Waals surface area contributed by atoms with Gasteiger partial charge in [-0.05, 0) is 25.0 Å². The summed E-state index contributed by atoms with van der Waals surface area (Å²) in [6, 6.07) is 8.17. The maximum Gasteiger partial charge on any atom is 0.269 e. The van der Waals surface area contributed by atoms with E-state index in [0.29, 0.717) is 32.6 Å². The molecular formula is C16H21N5O4. The van der Waals surface area contributed by atoms with Crippen molar-refractivity contribution in [1.29, 1.82) is 0 Å². The van der Waals surface area contributed by atoms with Crippen LogP contribution in [0.5, 0.6) is 0 Å². The molecule has 1 aromatic rings. The Kier molecular flexibility index (Phi) is 4.60. The second kappa shape index (κ2) is 6.69. The van der Waals surface area contributed by atoms with Crippen LogP contribution in [0.25, 0.3) is 0 Å². The maximum atomic E-state index is 12.5. The first-order valence-corrected chi connectivity index (χ1v) is 8.09. The Labute approximate surface area is 144 Å². The molecule has 2 heterocycles. The number of hydrogen-bond donors (Lipinski definition) is 4. The van der Waals surface area contributed by atoms with Crippen LogP contribution in [0.3, 0.4) is 0 Å². The van der Waals surface area contributed by atoms with E-state index in [1.807, 2.05) is 35.2 Å². The maximum absolute atomic E-state index is 12.5. The van der Waals surface area contributed by atoms with Crippen LogP contribution in [0, 0.1) is 0 Å². The highest BCUT2D eigenvalue weighted by molar-refractivity contribution is 6.04. The van der Waals surface area contributed by atoms with Gasteiger partial charge >= 0.3 is 0 Å². The van der Waals surface area contributed by atoms with Gasteiger partial charge in [-0.2, -0.15) is 0 Å². The predicted octanol–water partition coefficient (Wildman–Crippen LogP) is -1.23. The van der Waals surface area contributed by atoms with E-state index >= 15 is 0 Å². The molecule has 134 valence electrons. The first-order chi connectivity index (χ1) is 12.0. The monoisotopic (exact) mass is 347 g/mol. The van der Waals surface area contributed by atoms with Crippen molar-refractivity contribution in [3.8, 4) is 0 Å². The van der Waals surface area contributed by atoms with E-state index in [4.69, 9.17) is 10.9 Å². The van der Waals surface area contributed by atoms with Crippen molar-refractivity contribution in [1.82, 2.24) is 15.7 Å². The summed E-state index contributed by atoms with van der Waals surface area (Å²) in [7, 11) is 0. The minimum Gasteiger partial charge on any atom is -0.341 e. The van der Waals surface area contributed by atoms with Crippen LogP contribution in [-0.2, 0) is 14.4 Å². The highest BCUT2D eigenvalue weighted by Gasteiger charge is 2.51. The van der Waals surface area contributed by atoms with Gasteiger partial charge in [0.25, 0.3) is 5.91 Å². The lowest BCUT2D eigenvalue weighted by molar-refractivity contribution is -0.143. The van der Waals surface area contributed by atoms with Gasteiger partial charge in [0, 0.05) is 18.8 Å². The molecule has 2 aliphatic heterocycles. The Hall–Kier alpha value is -2.65. The van der Waals surface area contributed by atoms with Crippen LogP contribution in [0.4, 0.5) is 5.69 Å². The number of carbonyl (C=O) groups excluding carboxylic acids is 3. The van der Waals surface area contributed by atoms with E-state index < -0.39 is 23.4 Å². The number of amides is 3. The number of anilines is 1. The van der Waals surface area contributed by atoms with Crippen LogP contribution >= 0.6 is 0 Å². The van der Waals surface area contributed by atoms with Gasteiger partial charge in [-0.3, -0.25) is 19.6 Å². The largest absolute Gasteiger partial charge is 0.341 e. The molecule has 1 atom stereocenters. The number of likely N-dealkylation sites (tertiary alicyclic amines) is 1. The topological polar surface area (TPSA) is 128 Å². The molecule has 2 aliphatic rings. The summed E-state index contributed by atoms with van der Waals surface area (Å²) in [6.07, 6.45) is 0.875.